The smallest absolute Gasteiger partial charge is 0.135 e. The van der Waals surface area contributed by atoms with Crippen molar-refractivity contribution >= 4 is 109 Å². The number of anilines is 3. The molecule has 0 atom stereocenters. The lowest BCUT2D eigenvalue weighted by Crippen LogP contribution is -2.09. The molecule has 0 bridgehead atoms. The van der Waals surface area contributed by atoms with E-state index in [1.54, 1.807) is 0 Å². The Bertz CT molecular complexity index is 3250. The standard InChI is InChI=1S/C48H28N2OS/c1-4-13-42-34(8-1)38-11-7-12-39-35-23-18-30(26-43(35)50(42)48(38)39)29-16-19-31(20-17-29)49(32-21-24-45-40(27-32)36-9-2-5-14-44(36)51-45)33-22-25-47-41(28-33)37-10-3-6-15-46(37)52-47/h1-28H. The molecule has 0 saturated carbocycles. The van der Waals surface area contributed by atoms with Crippen molar-refractivity contribution in [3.63, 3.8) is 0 Å². The normalized spacial score (nSPS) is 12.2. The molecule has 12 aromatic rings. The number of fused-ring (bicyclic) bond motifs is 12. The molecular formula is C48H28N2OS. The van der Waals surface area contributed by atoms with Gasteiger partial charge in [0.05, 0.1) is 16.6 Å². The van der Waals surface area contributed by atoms with Crippen molar-refractivity contribution < 1.29 is 4.42 Å². The molecule has 12 rings (SSSR count). The van der Waals surface area contributed by atoms with Crippen LogP contribution in [0.1, 0.15) is 0 Å². The van der Waals surface area contributed by atoms with Gasteiger partial charge in [0.1, 0.15) is 11.2 Å². The summed E-state index contributed by atoms with van der Waals surface area (Å²) < 4.78 is 11.3. The summed E-state index contributed by atoms with van der Waals surface area (Å²) in [7, 11) is 0. The quantitative estimate of drug-likeness (QED) is 0.184. The third kappa shape index (κ3) is 3.90. The van der Waals surface area contributed by atoms with Gasteiger partial charge in [0.2, 0.25) is 0 Å². The highest BCUT2D eigenvalue weighted by molar-refractivity contribution is 7.25. The molecular weight excluding hydrogens is 653 g/mol. The maximum Gasteiger partial charge on any atom is 0.135 e. The summed E-state index contributed by atoms with van der Waals surface area (Å²) in [5, 5.41) is 10.0. The molecule has 0 unspecified atom stereocenters. The Morgan fingerprint density at radius 3 is 1.87 bits per heavy atom. The zero-order valence-electron chi connectivity index (χ0n) is 27.9. The minimum Gasteiger partial charge on any atom is -0.456 e. The highest BCUT2D eigenvalue weighted by atomic mass is 32.1. The summed E-state index contributed by atoms with van der Waals surface area (Å²) in [6.07, 6.45) is 0. The molecule has 0 fully saturated rings. The van der Waals surface area contributed by atoms with Crippen LogP contribution in [0.3, 0.4) is 0 Å². The minimum absolute atomic E-state index is 0.894. The maximum atomic E-state index is 6.23. The van der Waals surface area contributed by atoms with Gasteiger partial charge in [0.15, 0.2) is 0 Å². The van der Waals surface area contributed by atoms with Crippen LogP contribution in [0.5, 0.6) is 0 Å². The van der Waals surface area contributed by atoms with Crippen molar-refractivity contribution in [1.82, 2.24) is 4.40 Å². The van der Waals surface area contributed by atoms with Crippen molar-refractivity contribution in [1.29, 1.82) is 0 Å². The summed E-state index contributed by atoms with van der Waals surface area (Å²) in [6.45, 7) is 0. The Hall–Kier alpha value is -6.62. The van der Waals surface area contributed by atoms with Gasteiger partial charge in [-0.25, -0.2) is 0 Å². The second kappa shape index (κ2) is 10.5. The number of rotatable bonds is 4. The molecule has 3 nitrogen and oxygen atoms in total. The number of hydrogen-bond donors (Lipinski definition) is 0. The Balaban J connectivity index is 1.03. The van der Waals surface area contributed by atoms with E-state index in [9.17, 15) is 0 Å². The van der Waals surface area contributed by atoms with E-state index < -0.39 is 0 Å². The Morgan fingerprint density at radius 1 is 0.385 bits per heavy atom. The van der Waals surface area contributed by atoms with Crippen LogP contribution in [-0.2, 0) is 0 Å². The van der Waals surface area contributed by atoms with Crippen molar-refractivity contribution in [2.75, 3.05) is 4.90 Å². The fourth-order valence-corrected chi connectivity index (χ4v) is 9.65. The summed E-state index contributed by atoms with van der Waals surface area (Å²) in [4.78, 5) is 2.37. The summed E-state index contributed by atoms with van der Waals surface area (Å²) in [6, 6.07) is 61.8. The fraction of sp³-hybridized carbons (Fsp3) is 0. The average molecular weight is 681 g/mol. The Morgan fingerprint density at radius 2 is 1.00 bits per heavy atom. The number of aromatic nitrogens is 1. The monoisotopic (exact) mass is 680 g/mol. The number of para-hydroxylation sites is 3. The van der Waals surface area contributed by atoms with Gasteiger partial charge in [0.25, 0.3) is 0 Å². The molecule has 0 radical (unpaired) electrons. The molecule has 52 heavy (non-hydrogen) atoms. The van der Waals surface area contributed by atoms with Crippen LogP contribution in [0, 0.1) is 0 Å². The van der Waals surface area contributed by atoms with Crippen molar-refractivity contribution in [2.45, 2.75) is 0 Å². The first kappa shape index (κ1) is 28.1. The highest BCUT2D eigenvalue weighted by Crippen LogP contribution is 2.44. The molecule has 4 heterocycles. The minimum atomic E-state index is 0.894. The van der Waals surface area contributed by atoms with E-state index in [2.05, 4.69) is 167 Å². The average Bonchev–Trinajstić information content (AvgIpc) is 3.95. The lowest BCUT2D eigenvalue weighted by atomic mass is 10.0. The van der Waals surface area contributed by atoms with Gasteiger partial charge in [-0.05, 0) is 83.9 Å². The lowest BCUT2D eigenvalue weighted by molar-refractivity contribution is 0.669. The van der Waals surface area contributed by atoms with Crippen LogP contribution < -0.4 is 4.90 Å². The third-order valence-electron chi connectivity index (χ3n) is 10.9. The van der Waals surface area contributed by atoms with Crippen molar-refractivity contribution in [3.05, 3.63) is 170 Å². The predicted octanol–water partition coefficient (Wildman–Crippen LogP) is 14.2. The first-order valence-corrected chi connectivity index (χ1v) is 18.5. The summed E-state index contributed by atoms with van der Waals surface area (Å²) >= 11 is 1.85. The molecule has 8 aromatic carbocycles. The van der Waals surface area contributed by atoms with E-state index in [-0.39, 0.29) is 0 Å². The van der Waals surface area contributed by atoms with Gasteiger partial charge in [-0.1, -0.05) is 97.1 Å². The Kier molecular flexibility index (Phi) is 5.65. The van der Waals surface area contributed by atoms with E-state index in [0.29, 0.717) is 0 Å². The largest absolute Gasteiger partial charge is 0.456 e. The molecule has 4 heteroatoms. The number of nitrogens with zero attached hydrogens (tertiary/aromatic N) is 2. The Labute approximate surface area is 302 Å². The zero-order chi connectivity index (χ0) is 33.9. The number of furan rings is 1. The van der Waals surface area contributed by atoms with Crippen LogP contribution in [0.2, 0.25) is 0 Å². The van der Waals surface area contributed by atoms with Crippen molar-refractivity contribution in [2.24, 2.45) is 0 Å². The van der Waals surface area contributed by atoms with Gasteiger partial charge in [-0.2, -0.15) is 0 Å². The second-order valence-corrected chi connectivity index (χ2v) is 14.8. The van der Waals surface area contributed by atoms with Crippen LogP contribution in [-0.4, -0.2) is 4.40 Å². The molecule has 4 aromatic heterocycles. The van der Waals surface area contributed by atoms with Crippen LogP contribution in [0.25, 0.3) is 91.3 Å². The molecule has 0 amide bonds. The fourth-order valence-electron chi connectivity index (χ4n) is 8.57. The van der Waals surface area contributed by atoms with Gasteiger partial charge in [-0.3, -0.25) is 0 Å². The first-order chi connectivity index (χ1) is 25.8. The van der Waals surface area contributed by atoms with Crippen molar-refractivity contribution in [3.8, 4) is 11.1 Å². The molecule has 0 aliphatic rings. The third-order valence-corrected chi connectivity index (χ3v) is 12.1. The molecule has 0 saturated heterocycles. The predicted molar refractivity (Wildman–Crippen MR) is 221 cm³/mol. The first-order valence-electron chi connectivity index (χ1n) is 17.7. The van der Waals surface area contributed by atoms with Crippen LogP contribution >= 0.6 is 11.3 Å². The van der Waals surface area contributed by atoms with E-state index in [0.717, 1.165) is 39.0 Å². The SMILES string of the molecule is c1ccc2c(c1)oc1ccc(N(c3ccc(-c4ccc5c6cccc7c8ccccc8n(c5c4)c76)cc3)c3ccc4sc5ccccc5c4c3)cc12. The van der Waals surface area contributed by atoms with Crippen LogP contribution in [0.15, 0.2) is 174 Å². The van der Waals surface area contributed by atoms with E-state index in [1.807, 2.05) is 23.5 Å². The molecule has 0 aliphatic carbocycles. The van der Waals surface area contributed by atoms with Gasteiger partial charge in [0, 0.05) is 69.6 Å². The molecule has 0 spiro atoms. The lowest BCUT2D eigenvalue weighted by Gasteiger charge is -2.26. The van der Waals surface area contributed by atoms with E-state index in [4.69, 9.17) is 4.42 Å². The molecule has 0 N–H and O–H groups in total. The number of hydrogen-bond acceptors (Lipinski definition) is 3. The number of benzene rings is 8. The molecule has 0 aliphatic heterocycles. The molecule has 242 valence electrons. The summed E-state index contributed by atoms with van der Waals surface area (Å²) in [5.74, 6) is 0. The van der Waals surface area contributed by atoms with E-state index >= 15 is 0 Å². The van der Waals surface area contributed by atoms with Gasteiger partial charge < -0.3 is 13.7 Å². The van der Waals surface area contributed by atoms with Gasteiger partial charge >= 0.3 is 0 Å². The maximum absolute atomic E-state index is 6.23. The van der Waals surface area contributed by atoms with E-state index in [1.165, 1.54) is 69.4 Å². The summed E-state index contributed by atoms with van der Waals surface area (Å²) in [5.41, 5.74) is 11.3. The zero-order valence-corrected chi connectivity index (χ0v) is 28.7. The highest BCUT2D eigenvalue weighted by Gasteiger charge is 2.19. The van der Waals surface area contributed by atoms with Crippen LogP contribution in [0.4, 0.5) is 17.1 Å². The second-order valence-electron chi connectivity index (χ2n) is 13.7. The van der Waals surface area contributed by atoms with Gasteiger partial charge in [-0.15, -0.1) is 11.3 Å². The topological polar surface area (TPSA) is 20.8 Å². The number of thiophene rings is 1.